The Balaban J connectivity index is 1.46. The van der Waals surface area contributed by atoms with Gasteiger partial charge in [-0.2, -0.15) is 0 Å². The second-order valence-corrected chi connectivity index (χ2v) is 6.87. The number of carbonyl (C=O) groups is 1. The Kier molecular flexibility index (Phi) is 6.24. The number of hydrogen-bond acceptors (Lipinski definition) is 4. The molecule has 1 aromatic carbocycles. The topological polar surface area (TPSA) is 42.0 Å². The van der Waals surface area contributed by atoms with Gasteiger partial charge in [0.15, 0.2) is 0 Å². The molecule has 0 radical (unpaired) electrons. The molecule has 0 N–H and O–H groups in total. The van der Waals surface area contributed by atoms with Crippen molar-refractivity contribution in [1.29, 1.82) is 0 Å². The van der Waals surface area contributed by atoms with Crippen LogP contribution in [0.25, 0.3) is 0 Å². The SMILES string of the molecule is COC[C@H]1CCN(C(=O)C[C@@H]2CN(Cc3ccccc3)CCO2)C1. The van der Waals surface area contributed by atoms with Gasteiger partial charge < -0.3 is 14.4 Å². The summed E-state index contributed by atoms with van der Waals surface area (Å²) in [6, 6.07) is 10.5. The van der Waals surface area contributed by atoms with Gasteiger partial charge in [-0.3, -0.25) is 9.69 Å². The average Bonchev–Trinajstić information content (AvgIpc) is 3.05. The number of morpholine rings is 1. The molecule has 0 aliphatic carbocycles. The van der Waals surface area contributed by atoms with Crippen LogP contribution in [0.4, 0.5) is 0 Å². The van der Waals surface area contributed by atoms with Gasteiger partial charge in [-0.25, -0.2) is 0 Å². The molecule has 2 atom stereocenters. The summed E-state index contributed by atoms with van der Waals surface area (Å²) < 4.78 is 11.0. The van der Waals surface area contributed by atoms with Gasteiger partial charge >= 0.3 is 0 Å². The first-order valence-electron chi connectivity index (χ1n) is 8.89. The minimum absolute atomic E-state index is 0.0106. The normalized spacial score (nSPS) is 25.1. The number of nitrogens with zero attached hydrogens (tertiary/aromatic N) is 2. The van der Waals surface area contributed by atoms with Gasteiger partial charge in [0.1, 0.15) is 0 Å². The number of likely N-dealkylation sites (tertiary alicyclic amines) is 1. The Hall–Kier alpha value is -1.43. The van der Waals surface area contributed by atoms with Gasteiger partial charge in [-0.15, -0.1) is 0 Å². The smallest absolute Gasteiger partial charge is 0.225 e. The molecule has 0 unspecified atom stereocenters. The second-order valence-electron chi connectivity index (χ2n) is 6.87. The van der Waals surface area contributed by atoms with E-state index in [-0.39, 0.29) is 12.0 Å². The summed E-state index contributed by atoms with van der Waals surface area (Å²) in [5.74, 6) is 0.709. The lowest BCUT2D eigenvalue weighted by atomic mass is 10.1. The van der Waals surface area contributed by atoms with Crippen LogP contribution in [0.3, 0.4) is 0 Å². The molecule has 132 valence electrons. The minimum atomic E-state index is 0.0106. The fourth-order valence-corrected chi connectivity index (χ4v) is 3.64. The van der Waals surface area contributed by atoms with E-state index in [1.54, 1.807) is 7.11 Å². The van der Waals surface area contributed by atoms with Gasteiger partial charge in [0.25, 0.3) is 0 Å². The summed E-state index contributed by atoms with van der Waals surface area (Å²) in [6.45, 7) is 5.82. The van der Waals surface area contributed by atoms with Gasteiger partial charge in [0.05, 0.1) is 25.7 Å². The number of ether oxygens (including phenoxy) is 2. The lowest BCUT2D eigenvalue weighted by Crippen LogP contribution is -2.44. The van der Waals surface area contributed by atoms with Gasteiger partial charge in [0.2, 0.25) is 5.91 Å². The van der Waals surface area contributed by atoms with Crippen molar-refractivity contribution in [1.82, 2.24) is 9.80 Å². The molecule has 24 heavy (non-hydrogen) atoms. The third-order valence-electron chi connectivity index (χ3n) is 4.92. The Morgan fingerprint density at radius 1 is 1.25 bits per heavy atom. The number of benzene rings is 1. The summed E-state index contributed by atoms with van der Waals surface area (Å²) in [5.41, 5.74) is 1.31. The van der Waals surface area contributed by atoms with Crippen LogP contribution in [0.5, 0.6) is 0 Å². The second kappa shape index (κ2) is 8.60. The van der Waals surface area contributed by atoms with Crippen molar-refractivity contribution in [2.75, 3.05) is 46.5 Å². The van der Waals surface area contributed by atoms with Crippen LogP contribution in [0.2, 0.25) is 0 Å². The molecule has 2 aliphatic rings. The quantitative estimate of drug-likeness (QED) is 0.796. The molecule has 0 saturated carbocycles. The Bertz CT molecular complexity index is 523. The molecule has 5 heteroatoms. The lowest BCUT2D eigenvalue weighted by molar-refractivity contribution is -0.135. The van der Waals surface area contributed by atoms with E-state index in [1.165, 1.54) is 5.56 Å². The number of hydrogen-bond donors (Lipinski definition) is 0. The monoisotopic (exact) mass is 332 g/mol. The van der Waals surface area contributed by atoms with E-state index in [0.717, 1.165) is 45.8 Å². The van der Waals surface area contributed by atoms with E-state index in [4.69, 9.17) is 9.47 Å². The first kappa shape index (κ1) is 17.4. The van der Waals surface area contributed by atoms with E-state index in [2.05, 4.69) is 29.2 Å². The van der Waals surface area contributed by atoms with Crippen molar-refractivity contribution in [3.63, 3.8) is 0 Å². The van der Waals surface area contributed by atoms with E-state index in [9.17, 15) is 4.79 Å². The molecule has 0 aromatic heterocycles. The molecule has 1 aromatic rings. The summed E-state index contributed by atoms with van der Waals surface area (Å²) in [5, 5.41) is 0. The van der Waals surface area contributed by atoms with E-state index in [0.29, 0.717) is 18.9 Å². The van der Waals surface area contributed by atoms with Crippen molar-refractivity contribution in [2.45, 2.75) is 25.5 Å². The molecular formula is C19H28N2O3. The zero-order chi connectivity index (χ0) is 16.8. The zero-order valence-electron chi connectivity index (χ0n) is 14.5. The van der Waals surface area contributed by atoms with Crippen LogP contribution >= 0.6 is 0 Å². The third-order valence-corrected chi connectivity index (χ3v) is 4.92. The van der Waals surface area contributed by atoms with Crippen molar-refractivity contribution in [3.05, 3.63) is 35.9 Å². The molecule has 2 saturated heterocycles. The average molecular weight is 332 g/mol. The fraction of sp³-hybridized carbons (Fsp3) is 0.632. The molecular weight excluding hydrogens is 304 g/mol. The van der Waals surface area contributed by atoms with Crippen molar-refractivity contribution < 1.29 is 14.3 Å². The van der Waals surface area contributed by atoms with Crippen LogP contribution in [-0.2, 0) is 20.8 Å². The predicted octanol–water partition coefficient (Wildman–Crippen LogP) is 1.77. The highest BCUT2D eigenvalue weighted by Gasteiger charge is 2.29. The van der Waals surface area contributed by atoms with Crippen LogP contribution in [0, 0.1) is 5.92 Å². The van der Waals surface area contributed by atoms with Gasteiger partial charge in [0, 0.05) is 45.8 Å². The zero-order valence-corrected chi connectivity index (χ0v) is 14.5. The maximum Gasteiger partial charge on any atom is 0.225 e. The highest BCUT2D eigenvalue weighted by molar-refractivity contribution is 5.77. The van der Waals surface area contributed by atoms with Crippen molar-refractivity contribution in [3.8, 4) is 0 Å². The fourth-order valence-electron chi connectivity index (χ4n) is 3.64. The van der Waals surface area contributed by atoms with Crippen LogP contribution < -0.4 is 0 Å². The Morgan fingerprint density at radius 3 is 2.88 bits per heavy atom. The highest BCUT2D eigenvalue weighted by atomic mass is 16.5. The van der Waals surface area contributed by atoms with Crippen molar-refractivity contribution >= 4 is 5.91 Å². The molecule has 5 nitrogen and oxygen atoms in total. The summed E-state index contributed by atoms with van der Waals surface area (Å²) in [4.78, 5) is 16.9. The summed E-state index contributed by atoms with van der Waals surface area (Å²) in [6.07, 6.45) is 1.55. The van der Waals surface area contributed by atoms with Crippen molar-refractivity contribution in [2.24, 2.45) is 5.92 Å². The number of carbonyl (C=O) groups excluding carboxylic acids is 1. The predicted molar refractivity (Wildman–Crippen MR) is 92.6 cm³/mol. The molecule has 2 fully saturated rings. The summed E-state index contributed by atoms with van der Waals surface area (Å²) >= 11 is 0. The first-order chi connectivity index (χ1) is 11.7. The number of methoxy groups -OCH3 is 1. The van der Waals surface area contributed by atoms with E-state index >= 15 is 0 Å². The maximum atomic E-state index is 12.5. The van der Waals surface area contributed by atoms with Crippen LogP contribution in [0.1, 0.15) is 18.4 Å². The third kappa shape index (κ3) is 4.79. The first-order valence-corrected chi connectivity index (χ1v) is 8.89. The summed E-state index contributed by atoms with van der Waals surface area (Å²) in [7, 11) is 1.72. The largest absolute Gasteiger partial charge is 0.384 e. The highest BCUT2D eigenvalue weighted by Crippen LogP contribution is 2.19. The van der Waals surface area contributed by atoms with E-state index in [1.807, 2.05) is 11.0 Å². The van der Waals surface area contributed by atoms with Crippen LogP contribution in [0.15, 0.2) is 30.3 Å². The number of amides is 1. The molecule has 3 rings (SSSR count). The Morgan fingerprint density at radius 2 is 2.08 bits per heavy atom. The molecule has 1 amide bonds. The van der Waals surface area contributed by atoms with Crippen LogP contribution in [-0.4, -0.2) is 68.3 Å². The Labute approximate surface area is 144 Å². The molecule has 2 heterocycles. The molecule has 2 aliphatic heterocycles. The molecule has 0 spiro atoms. The van der Waals surface area contributed by atoms with E-state index < -0.39 is 0 Å². The molecule has 0 bridgehead atoms. The van der Waals surface area contributed by atoms with Gasteiger partial charge in [-0.05, 0) is 12.0 Å². The lowest BCUT2D eigenvalue weighted by Gasteiger charge is -2.33. The number of rotatable bonds is 6. The minimum Gasteiger partial charge on any atom is -0.384 e. The standard InChI is InChI=1S/C19H28N2O3/c1-23-15-17-7-8-21(13-17)19(22)11-18-14-20(9-10-24-18)12-16-5-3-2-4-6-16/h2-6,17-18H,7-15H2,1H3/t17-,18+/m0/s1. The van der Waals surface area contributed by atoms with Gasteiger partial charge in [-0.1, -0.05) is 30.3 Å². The maximum absolute atomic E-state index is 12.5.